The Labute approximate surface area is 281 Å². The van der Waals surface area contributed by atoms with E-state index in [9.17, 15) is 29.4 Å². The van der Waals surface area contributed by atoms with Crippen LogP contribution in [-0.2, 0) is 23.9 Å². The zero-order valence-electron chi connectivity index (χ0n) is 26.6. The molecule has 0 spiro atoms. The predicted molar refractivity (Wildman–Crippen MR) is 179 cm³/mol. The van der Waals surface area contributed by atoms with E-state index in [1.807, 2.05) is 60.7 Å². The molecule has 3 aliphatic rings. The Morgan fingerprint density at radius 3 is 2.21 bits per heavy atom. The third-order valence-corrected chi connectivity index (χ3v) is 9.34. The Morgan fingerprint density at radius 2 is 1.60 bits per heavy atom. The number of aromatic hydroxyl groups is 2. The third kappa shape index (κ3) is 6.61. The summed E-state index contributed by atoms with van der Waals surface area (Å²) in [7, 11) is 0. The Hall–Kier alpha value is -5.23. The standard InChI is InChI=1S/C36H35N3O8S/c1-36(2,3)47-35(45)37-28-32(43)39-29(34(44)46-30(21-10-6-4-7-11-21)22-12-8-5-9-13-22)24(20-48-33(28)39)18-23-16-17-38(31(23)42)25-14-15-26(40)27(41)19-25/h4-15,18-19,28,30,33,40-41H,16-17,20H2,1-3H3,(H,37,45)/b23-18+/t28-,33-/m1/s1. The molecule has 48 heavy (non-hydrogen) atoms. The first-order chi connectivity index (χ1) is 22.9. The van der Waals surface area contributed by atoms with E-state index < -0.39 is 41.1 Å². The van der Waals surface area contributed by atoms with Gasteiger partial charge in [-0.25, -0.2) is 9.59 Å². The van der Waals surface area contributed by atoms with Gasteiger partial charge in [0.15, 0.2) is 17.6 Å². The van der Waals surface area contributed by atoms with Gasteiger partial charge in [-0.3, -0.25) is 14.5 Å². The van der Waals surface area contributed by atoms with Gasteiger partial charge in [0, 0.05) is 29.6 Å². The number of benzene rings is 3. The topological polar surface area (TPSA) is 146 Å². The second-order valence-electron chi connectivity index (χ2n) is 12.6. The molecule has 3 heterocycles. The molecule has 0 unspecified atom stereocenters. The average molecular weight is 670 g/mol. The van der Waals surface area contributed by atoms with Gasteiger partial charge in [0.2, 0.25) is 0 Å². The van der Waals surface area contributed by atoms with E-state index in [1.54, 1.807) is 26.8 Å². The quantitative estimate of drug-likeness (QED) is 0.135. The lowest BCUT2D eigenvalue weighted by Gasteiger charge is -2.49. The van der Waals surface area contributed by atoms with E-state index in [0.29, 0.717) is 29.8 Å². The minimum atomic E-state index is -0.924. The van der Waals surface area contributed by atoms with Crippen LogP contribution in [0.3, 0.4) is 0 Å². The minimum absolute atomic E-state index is 0.00359. The zero-order chi connectivity index (χ0) is 34.2. The monoisotopic (exact) mass is 669 g/mol. The van der Waals surface area contributed by atoms with Crippen molar-refractivity contribution in [1.82, 2.24) is 10.2 Å². The first kappa shape index (κ1) is 32.7. The van der Waals surface area contributed by atoms with E-state index in [4.69, 9.17) is 9.47 Å². The van der Waals surface area contributed by atoms with Crippen molar-refractivity contribution in [2.75, 3.05) is 17.2 Å². The Bertz CT molecular complexity index is 1780. The highest BCUT2D eigenvalue weighted by atomic mass is 32.2. The van der Waals surface area contributed by atoms with Crippen LogP contribution in [0.2, 0.25) is 0 Å². The Morgan fingerprint density at radius 1 is 0.958 bits per heavy atom. The Balaban J connectivity index is 1.35. The van der Waals surface area contributed by atoms with Gasteiger partial charge in [-0.15, -0.1) is 11.8 Å². The van der Waals surface area contributed by atoms with Crippen LogP contribution in [0.15, 0.2) is 102 Å². The van der Waals surface area contributed by atoms with Crippen LogP contribution in [0.4, 0.5) is 10.5 Å². The number of thioether (sulfide) groups is 1. The number of allylic oxidation sites excluding steroid dienone is 1. The van der Waals surface area contributed by atoms with Crippen LogP contribution >= 0.6 is 11.8 Å². The first-order valence-electron chi connectivity index (χ1n) is 15.4. The maximum absolute atomic E-state index is 14.3. The number of hydrogen-bond acceptors (Lipinski definition) is 9. The number of ether oxygens (including phenoxy) is 2. The number of carbonyl (C=O) groups excluding carboxylic acids is 4. The van der Waals surface area contributed by atoms with E-state index in [0.717, 1.165) is 11.1 Å². The van der Waals surface area contributed by atoms with Gasteiger partial charge < -0.3 is 29.9 Å². The number of phenolic OH excluding ortho intramolecular Hbond substituents is 2. The highest BCUT2D eigenvalue weighted by molar-refractivity contribution is 8.00. The van der Waals surface area contributed by atoms with Crippen LogP contribution < -0.4 is 10.2 Å². The number of alkyl carbamates (subject to hydrolysis) is 1. The molecule has 2 saturated heterocycles. The van der Waals surface area contributed by atoms with Gasteiger partial charge >= 0.3 is 12.1 Å². The number of β-lactam (4-membered cyclic amide) rings is 1. The van der Waals surface area contributed by atoms with Crippen molar-refractivity contribution in [2.45, 2.75) is 50.3 Å². The summed E-state index contributed by atoms with van der Waals surface area (Å²) in [6.07, 6.45) is 0.442. The summed E-state index contributed by atoms with van der Waals surface area (Å²) >= 11 is 1.35. The number of carbonyl (C=O) groups is 4. The molecule has 3 aromatic carbocycles. The summed E-state index contributed by atoms with van der Waals surface area (Å²) in [5.41, 5.74) is 1.95. The molecule has 0 radical (unpaired) electrons. The van der Waals surface area contributed by atoms with Crippen molar-refractivity contribution >= 4 is 41.3 Å². The van der Waals surface area contributed by atoms with E-state index in [-0.39, 0.29) is 28.9 Å². The molecule has 6 rings (SSSR count). The zero-order valence-corrected chi connectivity index (χ0v) is 27.4. The summed E-state index contributed by atoms with van der Waals surface area (Å²) in [5.74, 6) is -1.98. The summed E-state index contributed by atoms with van der Waals surface area (Å²) < 4.78 is 11.6. The van der Waals surface area contributed by atoms with Gasteiger partial charge in [-0.1, -0.05) is 60.7 Å². The summed E-state index contributed by atoms with van der Waals surface area (Å²) in [4.78, 5) is 56.8. The SMILES string of the molecule is CC(C)(C)OC(=O)N[C@@H]1C(=O)N2C(C(=O)OC(c3ccccc3)c3ccccc3)=C(/C=C3\CCN(c4ccc(O)c(O)c4)C3=O)CS[C@H]12. The number of nitrogens with zero attached hydrogens (tertiary/aromatic N) is 2. The fourth-order valence-electron chi connectivity index (χ4n) is 5.81. The first-order valence-corrected chi connectivity index (χ1v) is 16.5. The van der Waals surface area contributed by atoms with Crippen molar-refractivity contribution in [3.8, 4) is 11.5 Å². The molecule has 0 aliphatic carbocycles. The number of phenols is 2. The molecule has 2 fully saturated rings. The number of hydrogen-bond donors (Lipinski definition) is 3. The number of rotatable bonds is 7. The molecule has 11 nitrogen and oxygen atoms in total. The van der Waals surface area contributed by atoms with Crippen LogP contribution in [0, 0.1) is 0 Å². The molecule has 3 aliphatic heterocycles. The predicted octanol–water partition coefficient (Wildman–Crippen LogP) is 5.16. The van der Waals surface area contributed by atoms with Gasteiger partial charge in [0.05, 0.1) is 0 Å². The van der Waals surface area contributed by atoms with E-state index in [2.05, 4.69) is 5.32 Å². The molecule has 0 saturated carbocycles. The lowest BCUT2D eigenvalue weighted by molar-refractivity contribution is -0.153. The lowest BCUT2D eigenvalue weighted by atomic mass is 10.00. The number of anilines is 1. The molecule has 3 N–H and O–H groups in total. The fraction of sp³-hybridized carbons (Fsp3) is 0.278. The highest BCUT2D eigenvalue weighted by Crippen LogP contribution is 2.43. The van der Waals surface area contributed by atoms with E-state index in [1.165, 1.54) is 39.8 Å². The highest BCUT2D eigenvalue weighted by Gasteiger charge is 2.55. The molecular weight excluding hydrogens is 634 g/mol. The molecule has 2 atom stereocenters. The minimum Gasteiger partial charge on any atom is -0.504 e. The number of esters is 1. The largest absolute Gasteiger partial charge is 0.504 e. The molecule has 3 aromatic rings. The third-order valence-electron chi connectivity index (χ3n) is 8.04. The maximum Gasteiger partial charge on any atom is 0.408 e. The lowest BCUT2D eigenvalue weighted by Crippen LogP contribution is -2.70. The second-order valence-corrected chi connectivity index (χ2v) is 13.7. The van der Waals surface area contributed by atoms with Gasteiger partial charge in [0.25, 0.3) is 11.8 Å². The average Bonchev–Trinajstić information content (AvgIpc) is 3.42. The van der Waals surface area contributed by atoms with Crippen molar-refractivity contribution < 1.29 is 38.9 Å². The van der Waals surface area contributed by atoms with Crippen LogP contribution in [0.25, 0.3) is 0 Å². The summed E-state index contributed by atoms with van der Waals surface area (Å²) in [6.45, 7) is 5.48. The van der Waals surface area contributed by atoms with E-state index >= 15 is 0 Å². The fourth-order valence-corrected chi connectivity index (χ4v) is 7.11. The second kappa shape index (κ2) is 13.1. The Kier molecular flexibility index (Phi) is 8.93. The maximum atomic E-state index is 14.3. The summed E-state index contributed by atoms with van der Waals surface area (Å²) in [5, 5.41) is 21.7. The molecule has 12 heteroatoms. The van der Waals surface area contributed by atoms with Gasteiger partial charge in [-0.2, -0.15) is 0 Å². The van der Waals surface area contributed by atoms with Crippen molar-refractivity contribution in [3.63, 3.8) is 0 Å². The van der Waals surface area contributed by atoms with Crippen molar-refractivity contribution in [2.24, 2.45) is 0 Å². The molecular formula is C36H35N3O8S. The smallest absolute Gasteiger partial charge is 0.408 e. The van der Waals surface area contributed by atoms with Crippen LogP contribution in [0.5, 0.6) is 11.5 Å². The normalized spacial score (nSPS) is 20.1. The summed E-state index contributed by atoms with van der Waals surface area (Å²) in [6, 6.07) is 21.7. The van der Waals surface area contributed by atoms with Crippen molar-refractivity contribution in [3.05, 3.63) is 113 Å². The molecule has 0 aromatic heterocycles. The van der Waals surface area contributed by atoms with Crippen molar-refractivity contribution in [1.29, 1.82) is 0 Å². The van der Waals surface area contributed by atoms with Gasteiger partial charge in [-0.05, 0) is 62.1 Å². The molecule has 248 valence electrons. The number of fused-ring (bicyclic) bond motifs is 1. The van der Waals surface area contributed by atoms with Crippen LogP contribution in [0.1, 0.15) is 44.4 Å². The molecule has 3 amide bonds. The molecule has 0 bridgehead atoms. The van der Waals surface area contributed by atoms with Gasteiger partial charge in [0.1, 0.15) is 22.7 Å². The van der Waals surface area contributed by atoms with Crippen LogP contribution in [-0.4, -0.2) is 68.3 Å². The number of amides is 3. The number of nitrogens with one attached hydrogen (secondary N) is 1.